The van der Waals surface area contributed by atoms with E-state index in [1.54, 1.807) is 30.3 Å². The Morgan fingerprint density at radius 3 is 2.12 bits per heavy atom. The number of aromatic nitrogens is 1. The van der Waals surface area contributed by atoms with E-state index in [2.05, 4.69) is 0 Å². The molecule has 0 saturated carbocycles. The molecule has 3 nitrogen and oxygen atoms in total. The van der Waals surface area contributed by atoms with Crippen LogP contribution in [0.2, 0.25) is 0 Å². The van der Waals surface area contributed by atoms with Crippen molar-refractivity contribution in [1.82, 2.24) is 4.98 Å². The molecule has 124 valence electrons. The molecule has 25 heavy (non-hydrogen) atoms. The van der Waals surface area contributed by atoms with Gasteiger partial charge in [0.15, 0.2) is 0 Å². The molecule has 0 aliphatic heterocycles. The van der Waals surface area contributed by atoms with Crippen molar-refractivity contribution in [3.8, 4) is 33.9 Å². The van der Waals surface area contributed by atoms with E-state index < -0.39 is 0 Å². The molecule has 3 aromatic carbocycles. The molecule has 0 atom stereocenters. The van der Waals surface area contributed by atoms with E-state index >= 15 is 0 Å². The number of rotatable bonds is 2. The number of para-hydroxylation sites is 2. The zero-order valence-corrected chi connectivity index (χ0v) is 15.0. The molecular weight excluding hydrogens is 378 g/mol. The quantitative estimate of drug-likeness (QED) is 0.468. The lowest BCUT2D eigenvalue weighted by Gasteiger charge is -2.13. The predicted octanol–water partition coefficient (Wildman–Crippen LogP) is 5.56. The van der Waals surface area contributed by atoms with Crippen molar-refractivity contribution in [3.05, 3.63) is 78.9 Å². The Kier molecular flexibility index (Phi) is 4.72. The van der Waals surface area contributed by atoms with Crippen molar-refractivity contribution in [2.24, 2.45) is 0 Å². The molecule has 0 fully saturated rings. The third-order valence-corrected chi connectivity index (χ3v) is 4.09. The van der Waals surface area contributed by atoms with Gasteiger partial charge in [-0.05, 0) is 24.3 Å². The molecule has 0 bridgehead atoms. The maximum atomic E-state index is 10.4. The van der Waals surface area contributed by atoms with E-state index in [1.165, 1.54) is 0 Å². The van der Waals surface area contributed by atoms with Crippen LogP contribution in [0, 0.1) is 0 Å². The summed E-state index contributed by atoms with van der Waals surface area (Å²) in [5, 5.41) is 21.7. The smallest absolute Gasteiger partial charge is 0.124 e. The first-order chi connectivity index (χ1) is 11.7. The lowest BCUT2D eigenvalue weighted by molar-refractivity contribution is 0.469. The third-order valence-electron chi connectivity index (χ3n) is 4.09. The first kappa shape index (κ1) is 17.0. The second-order valence-corrected chi connectivity index (χ2v) is 5.61. The number of hydrogen-bond donors (Lipinski definition) is 2. The van der Waals surface area contributed by atoms with E-state index in [0.29, 0.717) is 11.1 Å². The molecule has 1 heterocycles. The van der Waals surface area contributed by atoms with Gasteiger partial charge in [-0.2, -0.15) is 0 Å². The van der Waals surface area contributed by atoms with Gasteiger partial charge in [0.05, 0.1) is 11.2 Å². The minimum Gasteiger partial charge on any atom is -0.507 e. The van der Waals surface area contributed by atoms with Crippen molar-refractivity contribution in [2.75, 3.05) is 0 Å². The summed E-state index contributed by atoms with van der Waals surface area (Å²) in [7, 11) is 0. The van der Waals surface area contributed by atoms with Crippen molar-refractivity contribution < 1.29 is 10.2 Å². The standard InChI is InChI=1S/C21H15NO2.BrH/c23-19-10-4-2-7-16(19)21-15(8-5-11-20(21)24)18-13-12-14-6-1-3-9-17(14)22-18;/h1-13,23-24H;1H. The molecule has 0 aliphatic rings. The highest BCUT2D eigenvalue weighted by atomic mass is 79.9. The van der Waals surface area contributed by atoms with Crippen molar-refractivity contribution >= 4 is 27.9 Å². The minimum absolute atomic E-state index is 0. The average molecular weight is 394 g/mol. The fraction of sp³-hybridized carbons (Fsp3) is 0. The maximum absolute atomic E-state index is 10.4. The van der Waals surface area contributed by atoms with Crippen molar-refractivity contribution in [1.29, 1.82) is 0 Å². The Balaban J connectivity index is 0.00000182. The molecule has 1 aromatic heterocycles. The van der Waals surface area contributed by atoms with Crippen LogP contribution in [-0.4, -0.2) is 15.2 Å². The fourth-order valence-electron chi connectivity index (χ4n) is 2.94. The zero-order valence-electron chi connectivity index (χ0n) is 13.3. The number of pyridine rings is 1. The highest BCUT2D eigenvalue weighted by molar-refractivity contribution is 8.93. The normalized spacial score (nSPS) is 10.4. The number of halogens is 1. The van der Waals surface area contributed by atoms with Gasteiger partial charge >= 0.3 is 0 Å². The van der Waals surface area contributed by atoms with Gasteiger partial charge in [-0.3, -0.25) is 0 Å². The number of phenols is 2. The van der Waals surface area contributed by atoms with E-state index in [0.717, 1.165) is 22.2 Å². The third kappa shape index (κ3) is 3.08. The molecule has 0 unspecified atom stereocenters. The molecule has 4 heteroatoms. The molecule has 4 aromatic rings. The van der Waals surface area contributed by atoms with Crippen LogP contribution in [-0.2, 0) is 0 Å². The number of hydrogen-bond acceptors (Lipinski definition) is 3. The fourth-order valence-corrected chi connectivity index (χ4v) is 2.94. The highest BCUT2D eigenvalue weighted by Gasteiger charge is 2.15. The molecule has 4 rings (SSSR count). The first-order valence-electron chi connectivity index (χ1n) is 7.70. The summed E-state index contributed by atoms with van der Waals surface area (Å²) in [5.74, 6) is 0.241. The Hall–Kier alpha value is -2.85. The lowest BCUT2D eigenvalue weighted by atomic mass is 9.95. The van der Waals surface area contributed by atoms with E-state index in [-0.39, 0.29) is 28.5 Å². The van der Waals surface area contributed by atoms with E-state index in [4.69, 9.17) is 4.98 Å². The predicted molar refractivity (Wildman–Crippen MR) is 106 cm³/mol. The Morgan fingerprint density at radius 1 is 0.600 bits per heavy atom. The Morgan fingerprint density at radius 2 is 1.28 bits per heavy atom. The average Bonchev–Trinajstić information content (AvgIpc) is 2.62. The van der Waals surface area contributed by atoms with Gasteiger partial charge in [-0.15, -0.1) is 17.0 Å². The SMILES string of the molecule is Br.Oc1ccccc1-c1c(O)cccc1-c1ccc2ccccc2n1. The van der Waals surface area contributed by atoms with Crippen LogP contribution in [0.4, 0.5) is 0 Å². The molecule has 0 radical (unpaired) electrons. The Labute approximate surface area is 156 Å². The van der Waals surface area contributed by atoms with Crippen LogP contribution in [0.1, 0.15) is 0 Å². The highest BCUT2D eigenvalue weighted by Crippen LogP contribution is 2.41. The van der Waals surface area contributed by atoms with Crippen LogP contribution in [0.15, 0.2) is 78.9 Å². The number of phenolic OH excluding ortho intramolecular Hbond substituents is 2. The van der Waals surface area contributed by atoms with Crippen LogP contribution in [0.3, 0.4) is 0 Å². The second kappa shape index (κ2) is 6.95. The summed E-state index contributed by atoms with van der Waals surface area (Å²) in [4.78, 5) is 4.71. The topological polar surface area (TPSA) is 53.4 Å². The summed E-state index contributed by atoms with van der Waals surface area (Å²) in [6.45, 7) is 0. The van der Waals surface area contributed by atoms with Crippen LogP contribution in [0.25, 0.3) is 33.3 Å². The summed E-state index contributed by atoms with van der Waals surface area (Å²) in [6.07, 6.45) is 0. The number of aromatic hydroxyl groups is 2. The van der Waals surface area contributed by atoms with Gasteiger partial charge in [0, 0.05) is 22.1 Å². The monoisotopic (exact) mass is 393 g/mol. The van der Waals surface area contributed by atoms with Gasteiger partial charge < -0.3 is 10.2 Å². The minimum atomic E-state index is 0. The van der Waals surface area contributed by atoms with E-state index in [9.17, 15) is 10.2 Å². The summed E-state index contributed by atoms with van der Waals surface area (Å²) >= 11 is 0. The van der Waals surface area contributed by atoms with Crippen LogP contribution >= 0.6 is 17.0 Å². The number of fused-ring (bicyclic) bond motifs is 1. The molecule has 0 aliphatic carbocycles. The largest absolute Gasteiger partial charge is 0.507 e. The van der Waals surface area contributed by atoms with Crippen LogP contribution < -0.4 is 0 Å². The zero-order chi connectivity index (χ0) is 16.5. The second-order valence-electron chi connectivity index (χ2n) is 5.61. The Bertz CT molecular complexity index is 1050. The van der Waals surface area contributed by atoms with Crippen LogP contribution in [0.5, 0.6) is 11.5 Å². The lowest BCUT2D eigenvalue weighted by Crippen LogP contribution is -1.90. The molecule has 2 N–H and O–H groups in total. The summed E-state index contributed by atoms with van der Waals surface area (Å²) in [5.41, 5.74) is 3.59. The first-order valence-corrected chi connectivity index (χ1v) is 7.70. The van der Waals surface area contributed by atoms with Gasteiger partial charge in [-0.25, -0.2) is 4.98 Å². The van der Waals surface area contributed by atoms with Crippen molar-refractivity contribution in [2.45, 2.75) is 0 Å². The number of benzene rings is 3. The molecule has 0 amide bonds. The number of nitrogens with zero attached hydrogens (tertiary/aromatic N) is 1. The van der Waals surface area contributed by atoms with Crippen molar-refractivity contribution in [3.63, 3.8) is 0 Å². The van der Waals surface area contributed by atoms with Gasteiger partial charge in [0.2, 0.25) is 0 Å². The van der Waals surface area contributed by atoms with E-state index in [1.807, 2.05) is 48.5 Å². The molecule has 0 saturated heterocycles. The van der Waals surface area contributed by atoms with Gasteiger partial charge in [0.1, 0.15) is 11.5 Å². The summed E-state index contributed by atoms with van der Waals surface area (Å²) < 4.78 is 0. The van der Waals surface area contributed by atoms with Gasteiger partial charge in [0.25, 0.3) is 0 Å². The summed E-state index contributed by atoms with van der Waals surface area (Å²) in [6, 6.07) is 24.1. The molecular formula is C21H16BrNO2. The van der Waals surface area contributed by atoms with Gasteiger partial charge in [-0.1, -0.05) is 54.6 Å². The molecule has 0 spiro atoms. The maximum Gasteiger partial charge on any atom is 0.124 e.